The number of hydrogen-bond donors (Lipinski definition) is 0. The van der Waals surface area contributed by atoms with Crippen LogP contribution in [0.3, 0.4) is 0 Å². The van der Waals surface area contributed by atoms with Crippen LogP contribution in [0, 0.1) is 10.1 Å². The molecule has 16 heavy (non-hydrogen) atoms. The van der Waals surface area contributed by atoms with Gasteiger partial charge in [-0.25, -0.2) is 0 Å². The second-order valence-electron chi connectivity index (χ2n) is 3.35. The summed E-state index contributed by atoms with van der Waals surface area (Å²) in [6.45, 7) is 0. The highest BCUT2D eigenvalue weighted by Crippen LogP contribution is 2.22. The first-order chi connectivity index (χ1) is 7.74. The van der Waals surface area contributed by atoms with Gasteiger partial charge in [0.1, 0.15) is 0 Å². The van der Waals surface area contributed by atoms with Gasteiger partial charge in [-0.1, -0.05) is 6.42 Å². The molecule has 1 aromatic rings. The van der Waals surface area contributed by atoms with E-state index in [0.29, 0.717) is 0 Å². The van der Waals surface area contributed by atoms with Gasteiger partial charge >= 0.3 is 0 Å². The highest BCUT2D eigenvalue weighted by Gasteiger charge is 2.03. The quantitative estimate of drug-likeness (QED) is 0.243. The number of halogens is 1. The van der Waals surface area contributed by atoms with Crippen molar-refractivity contribution in [2.24, 2.45) is 0 Å². The van der Waals surface area contributed by atoms with E-state index in [4.69, 9.17) is 11.6 Å². The minimum atomic E-state index is -0.380. The zero-order valence-corrected chi connectivity index (χ0v) is 10.5. The van der Waals surface area contributed by atoms with Gasteiger partial charge in [0.25, 0.3) is 5.69 Å². The Morgan fingerprint density at radius 3 is 2.44 bits per heavy atom. The van der Waals surface area contributed by atoms with Crippen LogP contribution in [0.25, 0.3) is 0 Å². The molecule has 3 nitrogen and oxygen atoms in total. The van der Waals surface area contributed by atoms with Crippen molar-refractivity contribution in [1.82, 2.24) is 0 Å². The first-order valence-corrected chi connectivity index (χ1v) is 6.69. The van der Waals surface area contributed by atoms with Gasteiger partial charge in [0.15, 0.2) is 0 Å². The molecule has 1 rings (SSSR count). The third-order valence-electron chi connectivity index (χ3n) is 2.09. The Labute approximate surface area is 104 Å². The van der Waals surface area contributed by atoms with E-state index in [9.17, 15) is 10.1 Å². The van der Waals surface area contributed by atoms with Crippen LogP contribution in [0.1, 0.15) is 19.3 Å². The Hall–Kier alpha value is -0.740. The number of thioether (sulfide) groups is 1. The third kappa shape index (κ3) is 4.86. The van der Waals surface area contributed by atoms with E-state index in [1.54, 1.807) is 36.0 Å². The zero-order valence-electron chi connectivity index (χ0n) is 8.89. The Bertz CT molecular complexity index is 329. The van der Waals surface area contributed by atoms with Gasteiger partial charge in [0, 0.05) is 22.9 Å². The highest BCUT2D eigenvalue weighted by atomic mass is 35.5. The Morgan fingerprint density at radius 2 is 1.88 bits per heavy atom. The van der Waals surface area contributed by atoms with Gasteiger partial charge < -0.3 is 0 Å². The van der Waals surface area contributed by atoms with Crippen LogP contribution in [0.5, 0.6) is 0 Å². The number of nitrogens with zero attached hydrogens (tertiary/aromatic N) is 1. The lowest BCUT2D eigenvalue weighted by Crippen LogP contribution is -1.87. The lowest BCUT2D eigenvalue weighted by Gasteiger charge is -2.00. The van der Waals surface area contributed by atoms with E-state index in [1.165, 1.54) is 0 Å². The van der Waals surface area contributed by atoms with E-state index >= 15 is 0 Å². The molecule has 0 atom stereocenters. The lowest BCUT2D eigenvalue weighted by molar-refractivity contribution is -0.384. The molecule has 0 aliphatic heterocycles. The summed E-state index contributed by atoms with van der Waals surface area (Å²) < 4.78 is 0. The number of unbranched alkanes of at least 4 members (excludes halogenated alkanes) is 2. The fraction of sp³-hybridized carbons (Fsp3) is 0.455. The van der Waals surface area contributed by atoms with Crippen molar-refractivity contribution < 1.29 is 4.92 Å². The summed E-state index contributed by atoms with van der Waals surface area (Å²) in [7, 11) is 0. The molecule has 0 bridgehead atoms. The number of hydrogen-bond acceptors (Lipinski definition) is 3. The average molecular weight is 260 g/mol. The maximum Gasteiger partial charge on any atom is 0.269 e. The number of alkyl halides is 1. The molecule has 0 unspecified atom stereocenters. The van der Waals surface area contributed by atoms with Crippen molar-refractivity contribution in [3.8, 4) is 0 Å². The highest BCUT2D eigenvalue weighted by molar-refractivity contribution is 7.99. The monoisotopic (exact) mass is 259 g/mol. The molecule has 88 valence electrons. The molecule has 0 radical (unpaired) electrons. The minimum absolute atomic E-state index is 0.145. The van der Waals surface area contributed by atoms with Crippen LogP contribution in [0.2, 0.25) is 0 Å². The van der Waals surface area contributed by atoms with Gasteiger partial charge in [-0.2, -0.15) is 0 Å². The van der Waals surface area contributed by atoms with Crippen molar-refractivity contribution >= 4 is 29.1 Å². The molecule has 0 amide bonds. The minimum Gasteiger partial charge on any atom is -0.258 e. The van der Waals surface area contributed by atoms with Crippen molar-refractivity contribution in [3.05, 3.63) is 34.4 Å². The van der Waals surface area contributed by atoms with Crippen LogP contribution in [-0.4, -0.2) is 16.6 Å². The number of nitro benzene ring substituents is 1. The SMILES string of the molecule is O=[N+]([O-])c1ccc(SCCCCCCl)cc1. The molecule has 5 heteroatoms. The smallest absolute Gasteiger partial charge is 0.258 e. The maximum absolute atomic E-state index is 10.4. The van der Waals surface area contributed by atoms with Crippen LogP contribution in [-0.2, 0) is 0 Å². The van der Waals surface area contributed by atoms with E-state index in [1.807, 2.05) is 0 Å². The summed E-state index contributed by atoms with van der Waals surface area (Å²) >= 11 is 7.30. The molecule has 0 heterocycles. The van der Waals surface area contributed by atoms with Gasteiger partial charge in [-0.05, 0) is 30.7 Å². The fourth-order valence-corrected chi connectivity index (χ4v) is 2.33. The van der Waals surface area contributed by atoms with Crippen LogP contribution in [0.4, 0.5) is 5.69 Å². The molecule has 0 saturated heterocycles. The first-order valence-electron chi connectivity index (χ1n) is 5.17. The normalized spacial score (nSPS) is 10.3. The number of non-ortho nitro benzene ring substituents is 1. The van der Waals surface area contributed by atoms with Crippen LogP contribution in [0.15, 0.2) is 29.2 Å². The lowest BCUT2D eigenvalue weighted by atomic mass is 10.3. The molecule has 0 spiro atoms. The molecular formula is C11H14ClNO2S. The van der Waals surface area contributed by atoms with Crippen molar-refractivity contribution in [2.75, 3.05) is 11.6 Å². The number of benzene rings is 1. The topological polar surface area (TPSA) is 43.1 Å². The first kappa shape index (κ1) is 13.3. The van der Waals surface area contributed by atoms with E-state index < -0.39 is 0 Å². The molecule has 0 aliphatic rings. The average Bonchev–Trinajstić information content (AvgIpc) is 2.29. The summed E-state index contributed by atoms with van der Waals surface area (Å²) in [6, 6.07) is 6.68. The van der Waals surface area contributed by atoms with E-state index in [0.717, 1.165) is 35.8 Å². The molecule has 0 saturated carbocycles. The molecule has 0 aliphatic carbocycles. The van der Waals surface area contributed by atoms with Gasteiger partial charge in [0.05, 0.1) is 4.92 Å². The summed E-state index contributed by atoms with van der Waals surface area (Å²) in [5, 5.41) is 10.4. The van der Waals surface area contributed by atoms with Crippen molar-refractivity contribution in [2.45, 2.75) is 24.2 Å². The van der Waals surface area contributed by atoms with Gasteiger partial charge in [0.2, 0.25) is 0 Å². The molecule has 0 fully saturated rings. The van der Waals surface area contributed by atoms with Gasteiger partial charge in [-0.15, -0.1) is 23.4 Å². The Kier molecular flexibility index (Phi) is 6.26. The standard InChI is InChI=1S/C11H14ClNO2S/c12-8-2-1-3-9-16-11-6-4-10(5-7-11)13(14)15/h4-7H,1-3,8-9H2. The maximum atomic E-state index is 10.4. The summed E-state index contributed by atoms with van der Waals surface area (Å²) in [6.07, 6.45) is 3.33. The van der Waals surface area contributed by atoms with Crippen molar-refractivity contribution in [1.29, 1.82) is 0 Å². The fourth-order valence-electron chi connectivity index (χ4n) is 1.23. The molecule has 0 N–H and O–H groups in total. The predicted octanol–water partition coefficient (Wildman–Crippen LogP) is 4.10. The molecular weight excluding hydrogens is 246 g/mol. The van der Waals surface area contributed by atoms with Gasteiger partial charge in [-0.3, -0.25) is 10.1 Å². The predicted molar refractivity (Wildman–Crippen MR) is 68.4 cm³/mol. The Morgan fingerprint density at radius 1 is 1.19 bits per heavy atom. The van der Waals surface area contributed by atoms with E-state index in [-0.39, 0.29) is 10.6 Å². The van der Waals surface area contributed by atoms with Crippen LogP contribution >= 0.6 is 23.4 Å². The second kappa shape index (κ2) is 7.52. The molecule has 1 aromatic carbocycles. The van der Waals surface area contributed by atoms with E-state index in [2.05, 4.69) is 0 Å². The van der Waals surface area contributed by atoms with Crippen LogP contribution < -0.4 is 0 Å². The summed E-state index contributed by atoms with van der Waals surface area (Å²) in [4.78, 5) is 11.1. The summed E-state index contributed by atoms with van der Waals surface area (Å²) in [5.74, 6) is 1.76. The zero-order chi connectivity index (χ0) is 11.8. The third-order valence-corrected chi connectivity index (χ3v) is 3.46. The second-order valence-corrected chi connectivity index (χ2v) is 4.90. The largest absolute Gasteiger partial charge is 0.269 e. The molecule has 0 aromatic heterocycles. The van der Waals surface area contributed by atoms with Crippen molar-refractivity contribution in [3.63, 3.8) is 0 Å². The number of nitro groups is 1. The Balaban J connectivity index is 2.29. The summed E-state index contributed by atoms with van der Waals surface area (Å²) in [5.41, 5.74) is 0.145. The number of rotatable bonds is 7.